The Morgan fingerprint density at radius 1 is 1.27 bits per heavy atom. The molecule has 2 heteroatoms. The molecule has 0 radical (unpaired) electrons. The second kappa shape index (κ2) is 3.34. The molecule has 0 unspecified atom stereocenters. The van der Waals surface area contributed by atoms with E-state index in [1.807, 2.05) is 6.07 Å². The number of hydrogen-bond acceptors (Lipinski definition) is 1. The molecule has 0 saturated carbocycles. The van der Waals surface area contributed by atoms with Crippen molar-refractivity contribution in [3.05, 3.63) is 29.8 Å². The van der Waals surface area contributed by atoms with Gasteiger partial charge in [0.25, 0.3) is 0 Å². The van der Waals surface area contributed by atoms with Crippen molar-refractivity contribution >= 4 is 35.4 Å². The highest BCUT2D eigenvalue weighted by atomic mass is 127. The summed E-state index contributed by atoms with van der Waals surface area (Å²) in [7, 11) is 0. The highest BCUT2D eigenvalue weighted by Crippen LogP contribution is 2.25. The third-order valence-corrected chi connectivity index (χ3v) is 1.75. The first-order valence-corrected chi connectivity index (χ1v) is 3.48. The molecule has 0 atom stereocenters. The first kappa shape index (κ1) is 8.71. The molecule has 0 fully saturated rings. The van der Waals surface area contributed by atoms with Crippen LogP contribution in [0.4, 0.5) is 5.69 Å². The van der Waals surface area contributed by atoms with Gasteiger partial charge in [0.15, 0.2) is 0 Å². The van der Waals surface area contributed by atoms with E-state index in [2.05, 4.69) is 30.1 Å². The zero-order valence-electron chi connectivity index (χ0n) is 6.37. The Hall–Kier alpha value is -0.380. The van der Waals surface area contributed by atoms with Gasteiger partial charge in [0.2, 0.25) is 0 Å². The van der Waals surface area contributed by atoms with Crippen LogP contribution in [0.5, 0.6) is 0 Å². The summed E-state index contributed by atoms with van der Waals surface area (Å²) >= 11 is 0. The van der Waals surface area contributed by atoms with Crippen LogP contribution >= 0.6 is 24.0 Å². The van der Waals surface area contributed by atoms with Crippen molar-refractivity contribution in [2.75, 3.05) is 0 Å². The summed E-state index contributed by atoms with van der Waals surface area (Å²) in [5, 5.41) is 0. The molecule has 0 aromatic heterocycles. The predicted octanol–water partition coefficient (Wildman–Crippen LogP) is 2.95. The fourth-order valence-corrected chi connectivity index (χ4v) is 1.29. The highest BCUT2D eigenvalue weighted by Gasteiger charge is 2.08. The van der Waals surface area contributed by atoms with E-state index >= 15 is 0 Å². The van der Waals surface area contributed by atoms with Crippen LogP contribution in [-0.2, 0) is 6.42 Å². The van der Waals surface area contributed by atoms with E-state index < -0.39 is 0 Å². The second-order valence-electron chi connectivity index (χ2n) is 2.65. The van der Waals surface area contributed by atoms with Crippen LogP contribution in [0.1, 0.15) is 12.5 Å². The predicted molar refractivity (Wildman–Crippen MR) is 58.3 cm³/mol. The lowest BCUT2D eigenvalue weighted by molar-refractivity contribution is 1.39. The maximum absolute atomic E-state index is 4.37. The van der Waals surface area contributed by atoms with Gasteiger partial charge in [-0.25, -0.2) is 0 Å². The Kier molecular flexibility index (Phi) is 2.65. The molecule has 1 heterocycles. The van der Waals surface area contributed by atoms with E-state index in [-0.39, 0.29) is 24.0 Å². The minimum absolute atomic E-state index is 0. The van der Waals surface area contributed by atoms with Crippen molar-refractivity contribution in [1.82, 2.24) is 0 Å². The van der Waals surface area contributed by atoms with E-state index in [9.17, 15) is 0 Å². The van der Waals surface area contributed by atoms with Gasteiger partial charge in [-0.05, 0) is 18.6 Å². The summed E-state index contributed by atoms with van der Waals surface area (Å²) in [6, 6.07) is 8.29. The largest absolute Gasteiger partial charge is 0.257 e. The normalized spacial score (nSPS) is 13.4. The number of rotatable bonds is 0. The summed E-state index contributed by atoms with van der Waals surface area (Å²) in [6.07, 6.45) is 1.04. The molecule has 0 spiro atoms. The monoisotopic (exact) mass is 259 g/mol. The summed E-state index contributed by atoms with van der Waals surface area (Å²) in [4.78, 5) is 4.37. The van der Waals surface area contributed by atoms with Crippen molar-refractivity contribution < 1.29 is 0 Å². The molecule has 1 aliphatic rings. The van der Waals surface area contributed by atoms with Crippen LogP contribution in [-0.4, -0.2) is 5.71 Å². The van der Waals surface area contributed by atoms with Crippen molar-refractivity contribution in [2.45, 2.75) is 13.3 Å². The Morgan fingerprint density at radius 3 is 2.73 bits per heavy atom. The smallest absolute Gasteiger partial charge is 0.0664 e. The van der Waals surface area contributed by atoms with E-state index in [0.29, 0.717) is 0 Å². The molecule has 0 N–H and O–H groups in total. The number of para-hydroxylation sites is 1. The third kappa shape index (κ3) is 1.61. The van der Waals surface area contributed by atoms with Crippen LogP contribution in [0, 0.1) is 0 Å². The molecule has 1 aromatic rings. The molecule has 2 rings (SSSR count). The molecule has 11 heavy (non-hydrogen) atoms. The van der Waals surface area contributed by atoms with Gasteiger partial charge in [0.05, 0.1) is 5.69 Å². The van der Waals surface area contributed by atoms with Crippen LogP contribution in [0.3, 0.4) is 0 Å². The molecule has 1 nitrogen and oxygen atoms in total. The number of fused-ring (bicyclic) bond motifs is 1. The lowest BCUT2D eigenvalue weighted by Crippen LogP contribution is -1.87. The molecule has 1 aliphatic heterocycles. The van der Waals surface area contributed by atoms with Gasteiger partial charge in [-0.15, -0.1) is 24.0 Å². The number of halogens is 1. The van der Waals surface area contributed by atoms with Crippen LogP contribution in [0.25, 0.3) is 0 Å². The first-order chi connectivity index (χ1) is 4.86. The Morgan fingerprint density at radius 2 is 2.00 bits per heavy atom. The second-order valence-corrected chi connectivity index (χ2v) is 2.65. The molecule has 0 saturated heterocycles. The maximum Gasteiger partial charge on any atom is 0.0664 e. The molecule has 58 valence electrons. The van der Waals surface area contributed by atoms with E-state index in [1.54, 1.807) is 0 Å². The topological polar surface area (TPSA) is 12.4 Å². The van der Waals surface area contributed by atoms with E-state index in [1.165, 1.54) is 11.3 Å². The Labute approximate surface area is 83.6 Å². The van der Waals surface area contributed by atoms with E-state index in [4.69, 9.17) is 0 Å². The van der Waals surface area contributed by atoms with Gasteiger partial charge in [-0.2, -0.15) is 0 Å². The molecular formula is C9H10IN. The minimum Gasteiger partial charge on any atom is -0.257 e. The standard InChI is InChI=1S/C9H9N.HI/c1-7-6-8-4-2-3-5-9(8)10-7;/h2-5H,6H2,1H3;1H. The quantitative estimate of drug-likeness (QED) is 0.635. The number of nitrogens with zero attached hydrogens (tertiary/aromatic N) is 1. The molecule has 0 aliphatic carbocycles. The fourth-order valence-electron chi connectivity index (χ4n) is 1.29. The highest BCUT2D eigenvalue weighted by molar-refractivity contribution is 14.0. The van der Waals surface area contributed by atoms with Crippen LogP contribution in [0.15, 0.2) is 29.3 Å². The van der Waals surface area contributed by atoms with Crippen LogP contribution in [0.2, 0.25) is 0 Å². The summed E-state index contributed by atoms with van der Waals surface area (Å²) in [5.41, 5.74) is 3.74. The van der Waals surface area contributed by atoms with Crippen molar-refractivity contribution in [1.29, 1.82) is 0 Å². The summed E-state index contributed by atoms with van der Waals surface area (Å²) in [6.45, 7) is 2.07. The Bertz CT molecular complexity index is 291. The third-order valence-electron chi connectivity index (χ3n) is 1.75. The first-order valence-electron chi connectivity index (χ1n) is 3.48. The van der Waals surface area contributed by atoms with Crippen molar-refractivity contribution in [3.8, 4) is 0 Å². The maximum atomic E-state index is 4.37. The number of hydrogen-bond donors (Lipinski definition) is 0. The molecular weight excluding hydrogens is 249 g/mol. The number of benzene rings is 1. The average molecular weight is 259 g/mol. The lowest BCUT2D eigenvalue weighted by atomic mass is 10.1. The van der Waals surface area contributed by atoms with Crippen LogP contribution < -0.4 is 0 Å². The van der Waals surface area contributed by atoms with Gasteiger partial charge >= 0.3 is 0 Å². The number of aliphatic imine (C=N–C) groups is 1. The van der Waals surface area contributed by atoms with Crippen molar-refractivity contribution in [2.24, 2.45) is 4.99 Å². The lowest BCUT2D eigenvalue weighted by Gasteiger charge is -1.91. The van der Waals surface area contributed by atoms with Gasteiger partial charge in [-0.1, -0.05) is 18.2 Å². The average Bonchev–Trinajstić information content (AvgIpc) is 2.27. The zero-order chi connectivity index (χ0) is 6.97. The van der Waals surface area contributed by atoms with Crippen molar-refractivity contribution in [3.63, 3.8) is 0 Å². The SMILES string of the molecule is CC1=Nc2ccccc2C1.I. The zero-order valence-corrected chi connectivity index (χ0v) is 8.70. The molecule has 0 amide bonds. The minimum atomic E-state index is 0. The van der Waals surface area contributed by atoms with Gasteiger partial charge in [0.1, 0.15) is 0 Å². The van der Waals surface area contributed by atoms with Gasteiger partial charge < -0.3 is 0 Å². The Balaban J connectivity index is 0.000000605. The van der Waals surface area contributed by atoms with Gasteiger partial charge in [0, 0.05) is 12.1 Å². The van der Waals surface area contributed by atoms with Gasteiger partial charge in [-0.3, -0.25) is 4.99 Å². The fraction of sp³-hybridized carbons (Fsp3) is 0.222. The summed E-state index contributed by atoms with van der Waals surface area (Å²) in [5.74, 6) is 0. The van der Waals surface area contributed by atoms with E-state index in [0.717, 1.165) is 12.1 Å². The molecule has 1 aromatic carbocycles. The summed E-state index contributed by atoms with van der Waals surface area (Å²) < 4.78 is 0. The molecule has 0 bridgehead atoms.